The van der Waals surface area contributed by atoms with Crippen LogP contribution in [0.4, 0.5) is 0 Å². The maximum atomic E-state index is 13.5. The van der Waals surface area contributed by atoms with E-state index in [0.29, 0.717) is 28.2 Å². The molecule has 2 aromatic heterocycles. The van der Waals surface area contributed by atoms with Gasteiger partial charge in [-0.05, 0) is 84.3 Å². The number of carbonyl (C=O) groups excluding carboxylic acids is 2. The highest BCUT2D eigenvalue weighted by molar-refractivity contribution is 7.99. The van der Waals surface area contributed by atoms with E-state index in [9.17, 15) is 9.59 Å². The number of hydrogen-bond acceptors (Lipinski definition) is 8. The van der Waals surface area contributed by atoms with Crippen LogP contribution in [0.25, 0.3) is 11.1 Å². The zero-order chi connectivity index (χ0) is 34.6. The highest BCUT2D eigenvalue weighted by atomic mass is 32.2. The average molecular weight is 711 g/mol. The van der Waals surface area contributed by atoms with Gasteiger partial charge in [-0.15, -0.1) is 22.7 Å². The highest BCUT2D eigenvalue weighted by Gasteiger charge is 2.50. The molecule has 0 fully saturated rings. The summed E-state index contributed by atoms with van der Waals surface area (Å²) < 4.78 is 19.6. The van der Waals surface area contributed by atoms with Gasteiger partial charge in [0.1, 0.15) is 11.5 Å². The molecule has 0 radical (unpaired) electrons. The Hall–Kier alpha value is -5.15. The van der Waals surface area contributed by atoms with Crippen LogP contribution in [0.5, 0.6) is 11.5 Å². The Balaban J connectivity index is 1.36. The monoisotopic (exact) mass is 710 g/mol. The molecule has 2 aliphatic rings. The zero-order valence-corrected chi connectivity index (χ0v) is 29.7. The molecule has 2 unspecified atom stereocenters. The molecule has 2 aliphatic heterocycles. The topological polar surface area (TPSA) is 61.8 Å². The van der Waals surface area contributed by atoms with Gasteiger partial charge < -0.3 is 14.2 Å². The van der Waals surface area contributed by atoms with Crippen molar-refractivity contribution in [3.8, 4) is 22.6 Å². The van der Waals surface area contributed by atoms with Crippen molar-refractivity contribution in [2.45, 2.75) is 34.8 Å². The third-order valence-electron chi connectivity index (χ3n) is 8.95. The van der Waals surface area contributed by atoms with Crippen LogP contribution in [0.1, 0.15) is 45.9 Å². The van der Waals surface area contributed by atoms with Gasteiger partial charge in [0.15, 0.2) is 5.60 Å². The molecule has 0 N–H and O–H groups in total. The number of thiophene rings is 2. The summed E-state index contributed by atoms with van der Waals surface area (Å²) in [6, 6.07) is 35.9. The first-order valence-electron chi connectivity index (χ1n) is 15.9. The molecule has 0 bridgehead atoms. The lowest BCUT2D eigenvalue weighted by atomic mass is 9.79. The molecule has 246 valence electrons. The van der Waals surface area contributed by atoms with E-state index in [0.717, 1.165) is 47.4 Å². The van der Waals surface area contributed by atoms with Crippen LogP contribution < -0.4 is 4.74 Å². The lowest BCUT2D eigenvalue weighted by molar-refractivity contribution is -0.149. The summed E-state index contributed by atoms with van der Waals surface area (Å²) in [5.41, 5.74) is 3.06. The molecule has 5 nitrogen and oxygen atoms in total. The molecule has 8 heteroatoms. The van der Waals surface area contributed by atoms with Crippen molar-refractivity contribution in [2.75, 3.05) is 0 Å². The van der Waals surface area contributed by atoms with Gasteiger partial charge in [0, 0.05) is 43.2 Å². The fourth-order valence-corrected chi connectivity index (χ4v) is 9.56. The van der Waals surface area contributed by atoms with Crippen LogP contribution in [-0.2, 0) is 30.3 Å². The van der Waals surface area contributed by atoms with Crippen LogP contribution in [0, 0.1) is 0 Å². The largest absolute Gasteiger partial charge is 0.456 e. The summed E-state index contributed by atoms with van der Waals surface area (Å²) in [5, 5.41) is 3.97. The summed E-state index contributed by atoms with van der Waals surface area (Å²) in [7, 11) is 0. The summed E-state index contributed by atoms with van der Waals surface area (Å²) in [6.07, 6.45) is 0. The molecule has 4 heterocycles. The van der Waals surface area contributed by atoms with E-state index in [1.165, 1.54) is 11.3 Å². The van der Waals surface area contributed by atoms with Crippen LogP contribution in [0.3, 0.4) is 0 Å². The number of carbonyl (C=O) groups is 2. The minimum absolute atomic E-state index is 0.296. The van der Waals surface area contributed by atoms with Crippen LogP contribution in [0.15, 0.2) is 154 Å². The first-order chi connectivity index (χ1) is 24.2. The van der Waals surface area contributed by atoms with Gasteiger partial charge >= 0.3 is 11.9 Å². The normalized spacial score (nSPS) is 18.4. The minimum atomic E-state index is -1.29. The first-order valence-corrected chi connectivity index (χ1v) is 18.5. The molecule has 4 aromatic carbocycles. The fourth-order valence-electron chi connectivity index (χ4n) is 6.63. The number of ether oxygens (including phenoxy) is 3. The molecule has 0 spiro atoms. The number of esters is 2. The van der Waals surface area contributed by atoms with Crippen LogP contribution in [0.2, 0.25) is 0 Å². The Morgan fingerprint density at radius 1 is 0.580 bits per heavy atom. The van der Waals surface area contributed by atoms with Gasteiger partial charge in [-0.2, -0.15) is 0 Å². The molecular weight excluding hydrogens is 681 g/mol. The summed E-state index contributed by atoms with van der Waals surface area (Å²) in [6.45, 7) is 11.1. The van der Waals surface area contributed by atoms with Gasteiger partial charge in [-0.3, -0.25) is 0 Å². The third kappa shape index (κ3) is 4.97. The predicted molar refractivity (Wildman–Crippen MR) is 199 cm³/mol. The van der Waals surface area contributed by atoms with Crippen molar-refractivity contribution in [1.29, 1.82) is 0 Å². The molecule has 50 heavy (non-hydrogen) atoms. The molecule has 6 aromatic rings. The summed E-state index contributed by atoms with van der Waals surface area (Å²) in [4.78, 5) is 30.7. The van der Waals surface area contributed by atoms with E-state index in [-0.39, 0.29) is 0 Å². The number of benzene rings is 4. The zero-order valence-electron chi connectivity index (χ0n) is 27.2. The van der Waals surface area contributed by atoms with Gasteiger partial charge in [-0.25, -0.2) is 9.59 Å². The van der Waals surface area contributed by atoms with Gasteiger partial charge in [-0.1, -0.05) is 85.6 Å². The number of rotatable bonds is 7. The Morgan fingerprint density at radius 2 is 1.10 bits per heavy atom. The van der Waals surface area contributed by atoms with E-state index in [4.69, 9.17) is 14.2 Å². The molecule has 0 saturated heterocycles. The Labute approximate surface area is 302 Å². The highest BCUT2D eigenvalue weighted by Crippen LogP contribution is 2.57. The van der Waals surface area contributed by atoms with E-state index in [1.54, 1.807) is 36.9 Å². The Morgan fingerprint density at radius 3 is 1.72 bits per heavy atom. The SMILES string of the molecule is C=C(C)C(=O)OC1(c2cccs2)c2ccccc2Oc2ccc(-c3ccc4c(c3)C(OC(=O)C(=C)C)(c3cccs3)c3ccccc3S4)cc21. The Bertz CT molecular complexity index is 2170. The van der Waals surface area contributed by atoms with Crippen molar-refractivity contribution in [2.24, 2.45) is 0 Å². The van der Waals surface area contributed by atoms with Crippen molar-refractivity contribution >= 4 is 46.4 Å². The third-order valence-corrected chi connectivity index (χ3v) is 12.0. The second kappa shape index (κ2) is 12.3. The second-order valence-corrected chi connectivity index (χ2v) is 15.3. The van der Waals surface area contributed by atoms with Crippen molar-refractivity contribution in [3.05, 3.63) is 176 Å². The molecule has 2 atom stereocenters. The van der Waals surface area contributed by atoms with Crippen molar-refractivity contribution in [3.63, 3.8) is 0 Å². The standard InChI is InChI=1S/C42H30O5S3/c1-25(2)39(43)46-41(37-15-9-21-48-37)29-11-5-7-13-33(29)45-34-19-17-27(23-31(34)41)28-18-20-36-32(24-28)42(38-16-10-22-49-38,47-40(44)26(3)4)30-12-6-8-14-35(30)50-36/h5-24H,1,3H2,2,4H3. The summed E-state index contributed by atoms with van der Waals surface area (Å²) >= 11 is 4.70. The van der Waals surface area contributed by atoms with Crippen molar-refractivity contribution < 1.29 is 23.8 Å². The van der Waals surface area contributed by atoms with Crippen molar-refractivity contribution in [1.82, 2.24) is 0 Å². The van der Waals surface area contributed by atoms with E-state index in [1.807, 2.05) is 95.7 Å². The molecular formula is C42H30O5S3. The first kappa shape index (κ1) is 32.1. The molecule has 0 aliphatic carbocycles. The number of para-hydroxylation sites is 1. The van der Waals surface area contributed by atoms with E-state index >= 15 is 0 Å². The lowest BCUT2D eigenvalue weighted by Gasteiger charge is -2.40. The quantitative estimate of drug-likeness (QED) is 0.121. The smallest absolute Gasteiger partial charge is 0.334 e. The Kier molecular flexibility index (Phi) is 7.90. The minimum Gasteiger partial charge on any atom is -0.456 e. The van der Waals surface area contributed by atoms with Gasteiger partial charge in [0.05, 0.1) is 9.75 Å². The molecule has 0 amide bonds. The average Bonchev–Trinajstić information content (AvgIpc) is 3.87. The maximum Gasteiger partial charge on any atom is 0.334 e. The molecule has 0 saturated carbocycles. The number of hydrogen-bond donors (Lipinski definition) is 0. The predicted octanol–water partition coefficient (Wildman–Crippen LogP) is 10.9. The lowest BCUT2D eigenvalue weighted by Crippen LogP contribution is -2.37. The maximum absolute atomic E-state index is 13.5. The van der Waals surface area contributed by atoms with E-state index in [2.05, 4.69) is 37.4 Å². The summed E-state index contributed by atoms with van der Waals surface area (Å²) in [5.74, 6) is 0.221. The second-order valence-electron chi connectivity index (χ2n) is 12.3. The van der Waals surface area contributed by atoms with Gasteiger partial charge in [0.2, 0.25) is 5.60 Å². The number of fused-ring (bicyclic) bond motifs is 4. The fraction of sp³-hybridized carbons (Fsp3) is 0.0952. The molecule has 8 rings (SSSR count). The van der Waals surface area contributed by atoms with Crippen LogP contribution in [-0.4, -0.2) is 11.9 Å². The van der Waals surface area contributed by atoms with Gasteiger partial charge in [0.25, 0.3) is 0 Å². The van der Waals surface area contributed by atoms with E-state index < -0.39 is 23.1 Å². The van der Waals surface area contributed by atoms with Crippen LogP contribution >= 0.6 is 34.4 Å².